The van der Waals surface area contributed by atoms with Crippen LogP contribution >= 0.6 is 0 Å². The molecule has 0 saturated carbocycles. The second kappa shape index (κ2) is 5.62. The highest BCUT2D eigenvalue weighted by atomic mass is 15.3. The van der Waals surface area contributed by atoms with Gasteiger partial charge < -0.3 is 16.0 Å². The van der Waals surface area contributed by atoms with E-state index in [1.165, 1.54) is 5.56 Å². The fourth-order valence-corrected chi connectivity index (χ4v) is 1.46. The first-order valence-corrected chi connectivity index (χ1v) is 5.41. The Morgan fingerprint density at radius 2 is 2.06 bits per heavy atom. The third-order valence-corrected chi connectivity index (χ3v) is 2.28. The Balaban J connectivity index is 2.01. The zero-order valence-electron chi connectivity index (χ0n) is 9.77. The van der Waals surface area contributed by atoms with Crippen LogP contribution in [0.15, 0.2) is 53.2 Å². The molecule has 0 spiro atoms. The van der Waals surface area contributed by atoms with Gasteiger partial charge in [0.15, 0.2) is 0 Å². The van der Waals surface area contributed by atoms with Crippen molar-refractivity contribution in [3.63, 3.8) is 0 Å². The summed E-state index contributed by atoms with van der Waals surface area (Å²) in [6.07, 6.45) is 7.07. The van der Waals surface area contributed by atoms with E-state index in [1.54, 1.807) is 18.7 Å². The van der Waals surface area contributed by atoms with Gasteiger partial charge in [-0.1, -0.05) is 24.3 Å². The van der Waals surface area contributed by atoms with Crippen molar-refractivity contribution in [1.82, 2.24) is 9.55 Å². The van der Waals surface area contributed by atoms with Crippen molar-refractivity contribution >= 4 is 12.2 Å². The smallest absolute Gasteiger partial charge is 0.211 e. The molecule has 0 amide bonds. The standard InChI is InChI=1S/C12H14N6/c13-12(14)17-16-7-10-1-3-11(4-2-10)8-18-6-5-15-9-18/h1-7,9H,8H2,(H4,13,14,17). The summed E-state index contributed by atoms with van der Waals surface area (Å²) in [5, 5.41) is 7.28. The van der Waals surface area contributed by atoms with E-state index < -0.39 is 0 Å². The summed E-state index contributed by atoms with van der Waals surface area (Å²) >= 11 is 0. The minimum Gasteiger partial charge on any atom is -0.369 e. The van der Waals surface area contributed by atoms with Crippen molar-refractivity contribution in [3.8, 4) is 0 Å². The number of guanidine groups is 1. The van der Waals surface area contributed by atoms with E-state index in [2.05, 4.69) is 15.2 Å². The first-order chi connectivity index (χ1) is 8.74. The molecule has 2 rings (SSSR count). The quantitative estimate of drug-likeness (QED) is 0.465. The number of hydrogen-bond acceptors (Lipinski definition) is 3. The minimum atomic E-state index is -0.0528. The summed E-state index contributed by atoms with van der Waals surface area (Å²) in [7, 11) is 0. The molecule has 0 bridgehead atoms. The maximum absolute atomic E-state index is 5.16. The zero-order chi connectivity index (χ0) is 12.8. The summed E-state index contributed by atoms with van der Waals surface area (Å²) in [4.78, 5) is 4.00. The zero-order valence-corrected chi connectivity index (χ0v) is 9.77. The predicted octanol–water partition coefficient (Wildman–Crippen LogP) is 0.539. The van der Waals surface area contributed by atoms with Crippen molar-refractivity contribution in [3.05, 3.63) is 54.1 Å². The van der Waals surface area contributed by atoms with Crippen LogP contribution in [-0.2, 0) is 6.54 Å². The number of nitrogens with zero attached hydrogens (tertiary/aromatic N) is 4. The molecule has 0 aliphatic rings. The Kier molecular flexibility index (Phi) is 3.70. The summed E-state index contributed by atoms with van der Waals surface area (Å²) in [6.45, 7) is 0.797. The SMILES string of the molecule is NC(N)=NN=Cc1ccc(Cn2ccnc2)cc1. The molecule has 0 aliphatic heterocycles. The Labute approximate surface area is 105 Å². The first kappa shape index (κ1) is 11.8. The van der Waals surface area contributed by atoms with E-state index in [9.17, 15) is 0 Å². The van der Waals surface area contributed by atoms with Gasteiger partial charge >= 0.3 is 0 Å². The number of nitrogens with two attached hydrogens (primary N) is 2. The molecule has 0 atom stereocenters. The van der Waals surface area contributed by atoms with Crippen LogP contribution in [0.2, 0.25) is 0 Å². The minimum absolute atomic E-state index is 0.0528. The Morgan fingerprint density at radius 1 is 1.28 bits per heavy atom. The average Bonchev–Trinajstić information content (AvgIpc) is 2.84. The molecule has 1 aromatic carbocycles. The second-order valence-electron chi connectivity index (χ2n) is 3.75. The highest BCUT2D eigenvalue weighted by molar-refractivity contribution is 5.81. The predicted molar refractivity (Wildman–Crippen MR) is 71.2 cm³/mol. The molecule has 4 N–H and O–H groups in total. The molecule has 2 aromatic rings. The fraction of sp³-hybridized carbons (Fsp3) is 0.0833. The lowest BCUT2D eigenvalue weighted by Crippen LogP contribution is -2.21. The van der Waals surface area contributed by atoms with Crippen molar-refractivity contribution in [2.45, 2.75) is 6.54 Å². The summed E-state index contributed by atoms with van der Waals surface area (Å²) in [5.74, 6) is -0.0528. The van der Waals surface area contributed by atoms with Crippen LogP contribution in [0.4, 0.5) is 0 Å². The van der Waals surface area contributed by atoms with Crippen molar-refractivity contribution in [2.24, 2.45) is 21.7 Å². The Bertz CT molecular complexity index is 534. The van der Waals surface area contributed by atoms with Crippen LogP contribution in [0.1, 0.15) is 11.1 Å². The third kappa shape index (κ3) is 3.44. The number of aromatic nitrogens is 2. The third-order valence-electron chi connectivity index (χ3n) is 2.28. The number of rotatable bonds is 4. The van der Waals surface area contributed by atoms with Gasteiger partial charge in [0.25, 0.3) is 0 Å². The molecule has 92 valence electrons. The number of hydrogen-bond donors (Lipinski definition) is 2. The molecule has 0 aliphatic carbocycles. The van der Waals surface area contributed by atoms with E-state index in [-0.39, 0.29) is 5.96 Å². The monoisotopic (exact) mass is 242 g/mol. The maximum Gasteiger partial charge on any atom is 0.211 e. The maximum atomic E-state index is 5.16. The lowest BCUT2D eigenvalue weighted by Gasteiger charge is -2.02. The molecule has 0 saturated heterocycles. The van der Waals surface area contributed by atoms with Crippen LogP contribution in [-0.4, -0.2) is 21.7 Å². The Morgan fingerprint density at radius 3 is 2.67 bits per heavy atom. The molecular weight excluding hydrogens is 228 g/mol. The molecule has 6 nitrogen and oxygen atoms in total. The molecule has 6 heteroatoms. The van der Waals surface area contributed by atoms with Gasteiger partial charge in [-0.05, 0) is 11.1 Å². The van der Waals surface area contributed by atoms with E-state index in [0.717, 1.165) is 12.1 Å². The van der Waals surface area contributed by atoms with E-state index in [4.69, 9.17) is 11.5 Å². The van der Waals surface area contributed by atoms with Crippen LogP contribution in [0, 0.1) is 0 Å². The van der Waals surface area contributed by atoms with Crippen LogP contribution in [0.25, 0.3) is 0 Å². The molecule has 1 heterocycles. The van der Waals surface area contributed by atoms with Gasteiger partial charge in [-0.15, -0.1) is 5.10 Å². The van der Waals surface area contributed by atoms with Gasteiger partial charge in [-0.25, -0.2) is 4.98 Å². The average molecular weight is 242 g/mol. The van der Waals surface area contributed by atoms with Gasteiger partial charge in [0, 0.05) is 18.9 Å². The topological polar surface area (TPSA) is 94.6 Å². The lowest BCUT2D eigenvalue weighted by atomic mass is 10.1. The summed E-state index contributed by atoms with van der Waals surface area (Å²) in [5.41, 5.74) is 12.4. The van der Waals surface area contributed by atoms with Crippen LogP contribution in [0.3, 0.4) is 0 Å². The Hall–Kier alpha value is -2.63. The van der Waals surface area contributed by atoms with E-state index >= 15 is 0 Å². The van der Waals surface area contributed by atoms with Gasteiger partial charge in [-0.2, -0.15) is 5.10 Å². The molecule has 0 radical (unpaired) electrons. The van der Waals surface area contributed by atoms with Gasteiger partial charge in [0.05, 0.1) is 12.5 Å². The van der Waals surface area contributed by atoms with Crippen molar-refractivity contribution in [1.29, 1.82) is 0 Å². The second-order valence-corrected chi connectivity index (χ2v) is 3.75. The molecular formula is C12H14N6. The number of imidazole rings is 1. The van der Waals surface area contributed by atoms with Crippen LogP contribution < -0.4 is 11.5 Å². The molecule has 0 fully saturated rings. The molecule has 1 aromatic heterocycles. The number of benzene rings is 1. The summed E-state index contributed by atoms with van der Waals surface area (Å²) < 4.78 is 2.00. The molecule has 0 unspecified atom stereocenters. The first-order valence-electron chi connectivity index (χ1n) is 5.41. The highest BCUT2D eigenvalue weighted by Crippen LogP contribution is 2.05. The molecule has 18 heavy (non-hydrogen) atoms. The summed E-state index contributed by atoms with van der Waals surface area (Å²) in [6, 6.07) is 7.96. The largest absolute Gasteiger partial charge is 0.369 e. The van der Waals surface area contributed by atoms with E-state index in [1.807, 2.05) is 35.0 Å². The van der Waals surface area contributed by atoms with Crippen LogP contribution in [0.5, 0.6) is 0 Å². The van der Waals surface area contributed by atoms with Gasteiger partial charge in [-0.3, -0.25) is 0 Å². The highest BCUT2D eigenvalue weighted by Gasteiger charge is 1.94. The van der Waals surface area contributed by atoms with Crippen molar-refractivity contribution in [2.75, 3.05) is 0 Å². The van der Waals surface area contributed by atoms with Crippen molar-refractivity contribution < 1.29 is 0 Å². The van der Waals surface area contributed by atoms with E-state index in [0.29, 0.717) is 0 Å². The van der Waals surface area contributed by atoms with Gasteiger partial charge in [0.2, 0.25) is 5.96 Å². The fourth-order valence-electron chi connectivity index (χ4n) is 1.46. The lowest BCUT2D eigenvalue weighted by molar-refractivity contribution is 0.797. The normalized spacial score (nSPS) is 10.7. The van der Waals surface area contributed by atoms with Gasteiger partial charge in [0.1, 0.15) is 0 Å².